The van der Waals surface area contributed by atoms with Gasteiger partial charge in [0.2, 0.25) is 0 Å². The summed E-state index contributed by atoms with van der Waals surface area (Å²) in [5.41, 5.74) is -0.354. The van der Waals surface area contributed by atoms with Crippen LogP contribution in [0.1, 0.15) is 176 Å². The second-order valence-corrected chi connectivity index (χ2v) is 11.3. The normalized spacial score (nSPS) is 14.9. The van der Waals surface area contributed by atoms with Crippen LogP contribution in [0.15, 0.2) is 0 Å². The van der Waals surface area contributed by atoms with Crippen LogP contribution in [-0.2, 0) is 14.3 Å². The van der Waals surface area contributed by atoms with Gasteiger partial charge in [-0.3, -0.25) is 4.79 Å². The van der Waals surface area contributed by atoms with Gasteiger partial charge in [0.15, 0.2) is 0 Å². The average Bonchev–Trinajstić information content (AvgIpc) is 2.89. The van der Waals surface area contributed by atoms with E-state index < -0.39 is 0 Å². The minimum Gasteiger partial charge on any atom is -0.465 e. The third-order valence-corrected chi connectivity index (χ3v) is 8.22. The van der Waals surface area contributed by atoms with Crippen molar-refractivity contribution in [2.24, 2.45) is 11.3 Å². The molecule has 0 rings (SSSR count). The van der Waals surface area contributed by atoms with Crippen LogP contribution in [0.4, 0.5) is 0 Å². The molecule has 0 spiro atoms. The van der Waals surface area contributed by atoms with Gasteiger partial charge in [0.1, 0.15) is 0 Å². The van der Waals surface area contributed by atoms with E-state index in [1.54, 1.807) is 0 Å². The molecule has 3 unspecified atom stereocenters. The second-order valence-electron chi connectivity index (χ2n) is 11.3. The van der Waals surface area contributed by atoms with Crippen molar-refractivity contribution in [2.45, 2.75) is 182 Å². The summed E-state index contributed by atoms with van der Waals surface area (Å²) in [7, 11) is 0. The molecule has 0 saturated heterocycles. The fourth-order valence-corrected chi connectivity index (χ4v) is 5.52. The molecular weight excluding hydrogens is 444 g/mol. The monoisotopic (exact) mass is 511 g/mol. The van der Waals surface area contributed by atoms with E-state index >= 15 is 0 Å². The Morgan fingerprint density at radius 2 is 1.17 bits per heavy atom. The highest BCUT2D eigenvalue weighted by atomic mass is 16.5. The maximum atomic E-state index is 13.6. The Morgan fingerprint density at radius 1 is 0.639 bits per heavy atom. The molecule has 0 aliphatic carbocycles. The predicted octanol–water partition coefficient (Wildman–Crippen LogP) is 10.8. The van der Waals surface area contributed by atoms with E-state index in [0.717, 1.165) is 64.4 Å². The number of ether oxygens (including phenoxy) is 2. The molecule has 216 valence electrons. The molecule has 3 heteroatoms. The smallest absolute Gasteiger partial charge is 0.312 e. The lowest BCUT2D eigenvalue weighted by atomic mass is 9.71. The molecule has 0 fully saturated rings. The molecule has 0 saturated carbocycles. The van der Waals surface area contributed by atoms with Crippen LogP contribution in [0.3, 0.4) is 0 Å². The van der Waals surface area contributed by atoms with E-state index in [1.807, 2.05) is 0 Å². The fraction of sp³-hybridized carbons (Fsp3) is 0.970. The predicted molar refractivity (Wildman–Crippen MR) is 158 cm³/mol. The largest absolute Gasteiger partial charge is 0.465 e. The Balaban J connectivity index is 5.35. The van der Waals surface area contributed by atoms with Crippen LogP contribution in [0.5, 0.6) is 0 Å². The zero-order valence-corrected chi connectivity index (χ0v) is 25.6. The van der Waals surface area contributed by atoms with E-state index in [9.17, 15) is 4.79 Å². The molecule has 0 aliphatic heterocycles. The number of carbonyl (C=O) groups is 1. The summed E-state index contributed by atoms with van der Waals surface area (Å²) in [6.45, 7) is 15.0. The first kappa shape index (κ1) is 35.4. The molecule has 0 amide bonds. The fourth-order valence-electron chi connectivity index (χ4n) is 5.52. The van der Waals surface area contributed by atoms with E-state index in [1.165, 1.54) is 77.0 Å². The Kier molecular flexibility index (Phi) is 24.4. The SMILES string of the molecule is CCCCCCCCOC(CCCCC)C(CC)CC(CC)(CCCCCC)C(=O)OCCCCC. The van der Waals surface area contributed by atoms with Gasteiger partial charge >= 0.3 is 5.97 Å². The zero-order chi connectivity index (χ0) is 26.9. The van der Waals surface area contributed by atoms with Gasteiger partial charge in [0, 0.05) is 6.61 Å². The number of rotatable bonds is 27. The maximum Gasteiger partial charge on any atom is 0.312 e. The maximum absolute atomic E-state index is 13.6. The molecular formula is C33H66O3. The third-order valence-electron chi connectivity index (χ3n) is 8.22. The number of unbranched alkanes of at least 4 members (excludes halogenated alkanes) is 12. The van der Waals surface area contributed by atoms with Gasteiger partial charge in [0.05, 0.1) is 18.1 Å². The summed E-state index contributed by atoms with van der Waals surface area (Å²) >= 11 is 0. The van der Waals surface area contributed by atoms with Gasteiger partial charge in [0.25, 0.3) is 0 Å². The molecule has 0 aromatic carbocycles. The highest BCUT2D eigenvalue weighted by Crippen LogP contribution is 2.41. The van der Waals surface area contributed by atoms with Crippen molar-refractivity contribution >= 4 is 5.97 Å². The molecule has 0 heterocycles. The standard InChI is InChI=1S/C33H66O3/c1-7-13-17-19-20-24-27-35-31(25-21-15-9-3)30(11-5)29-33(12-6,26-22-18-14-8-2)32(34)36-28-23-16-10-4/h30-31H,7-29H2,1-6H3. The van der Waals surface area contributed by atoms with Gasteiger partial charge in [-0.05, 0) is 44.4 Å². The van der Waals surface area contributed by atoms with Crippen molar-refractivity contribution in [1.29, 1.82) is 0 Å². The van der Waals surface area contributed by atoms with Crippen LogP contribution >= 0.6 is 0 Å². The Labute approximate surface area is 227 Å². The molecule has 3 nitrogen and oxygen atoms in total. The second kappa shape index (κ2) is 24.7. The summed E-state index contributed by atoms with van der Waals surface area (Å²) in [5, 5.41) is 0. The number of hydrogen-bond acceptors (Lipinski definition) is 3. The minimum absolute atomic E-state index is 0.0688. The van der Waals surface area contributed by atoms with E-state index in [0.29, 0.717) is 12.5 Å². The third kappa shape index (κ3) is 16.3. The average molecular weight is 511 g/mol. The van der Waals surface area contributed by atoms with Crippen LogP contribution in [-0.4, -0.2) is 25.3 Å². The summed E-state index contributed by atoms with van der Waals surface area (Å²) in [6.07, 6.45) is 24.8. The van der Waals surface area contributed by atoms with Crippen molar-refractivity contribution < 1.29 is 14.3 Å². The summed E-state index contributed by atoms with van der Waals surface area (Å²) in [4.78, 5) is 13.6. The lowest BCUT2D eigenvalue weighted by Crippen LogP contribution is -2.38. The first-order valence-corrected chi connectivity index (χ1v) is 16.3. The number of esters is 1. The van der Waals surface area contributed by atoms with Crippen LogP contribution in [0.2, 0.25) is 0 Å². The van der Waals surface area contributed by atoms with Crippen molar-refractivity contribution in [1.82, 2.24) is 0 Å². The Bertz CT molecular complexity index is 478. The van der Waals surface area contributed by atoms with E-state index in [2.05, 4.69) is 41.5 Å². The van der Waals surface area contributed by atoms with E-state index in [4.69, 9.17) is 9.47 Å². The quantitative estimate of drug-likeness (QED) is 0.0814. The molecule has 0 aromatic rings. The molecule has 0 bridgehead atoms. The highest BCUT2D eigenvalue weighted by Gasteiger charge is 2.41. The summed E-state index contributed by atoms with van der Waals surface area (Å²) in [6, 6.07) is 0. The van der Waals surface area contributed by atoms with Crippen LogP contribution in [0, 0.1) is 11.3 Å². The summed E-state index contributed by atoms with van der Waals surface area (Å²) < 4.78 is 12.6. The Hall–Kier alpha value is -0.570. The zero-order valence-electron chi connectivity index (χ0n) is 25.6. The van der Waals surface area contributed by atoms with Gasteiger partial charge in [-0.2, -0.15) is 0 Å². The van der Waals surface area contributed by atoms with Gasteiger partial charge < -0.3 is 9.47 Å². The van der Waals surface area contributed by atoms with Gasteiger partial charge in [-0.15, -0.1) is 0 Å². The number of hydrogen-bond donors (Lipinski definition) is 0. The first-order chi connectivity index (χ1) is 17.5. The van der Waals surface area contributed by atoms with Gasteiger partial charge in [-0.25, -0.2) is 0 Å². The van der Waals surface area contributed by atoms with Crippen molar-refractivity contribution in [3.63, 3.8) is 0 Å². The number of carbonyl (C=O) groups excluding carboxylic acids is 1. The molecule has 0 aromatic heterocycles. The van der Waals surface area contributed by atoms with Crippen molar-refractivity contribution in [2.75, 3.05) is 13.2 Å². The highest BCUT2D eigenvalue weighted by molar-refractivity contribution is 5.76. The van der Waals surface area contributed by atoms with Crippen LogP contribution in [0.25, 0.3) is 0 Å². The van der Waals surface area contributed by atoms with Gasteiger partial charge in [-0.1, -0.05) is 138 Å². The topological polar surface area (TPSA) is 35.5 Å². The Morgan fingerprint density at radius 3 is 1.78 bits per heavy atom. The van der Waals surface area contributed by atoms with E-state index in [-0.39, 0.29) is 17.5 Å². The molecule has 36 heavy (non-hydrogen) atoms. The molecule has 0 radical (unpaired) electrons. The summed E-state index contributed by atoms with van der Waals surface area (Å²) in [5.74, 6) is 0.496. The molecule has 3 atom stereocenters. The lowest BCUT2D eigenvalue weighted by molar-refractivity contribution is -0.159. The minimum atomic E-state index is -0.354. The van der Waals surface area contributed by atoms with Crippen molar-refractivity contribution in [3.05, 3.63) is 0 Å². The molecule has 0 aliphatic rings. The van der Waals surface area contributed by atoms with Crippen molar-refractivity contribution in [3.8, 4) is 0 Å². The first-order valence-electron chi connectivity index (χ1n) is 16.3. The molecule has 0 N–H and O–H groups in total. The lowest BCUT2D eigenvalue weighted by Gasteiger charge is -2.37. The van der Waals surface area contributed by atoms with Crippen LogP contribution < -0.4 is 0 Å².